The van der Waals surface area contributed by atoms with E-state index in [1.54, 1.807) is 18.2 Å². The van der Waals surface area contributed by atoms with Gasteiger partial charge < -0.3 is 15.1 Å². The lowest BCUT2D eigenvalue weighted by Gasteiger charge is -2.34. The van der Waals surface area contributed by atoms with Crippen LogP contribution < -0.4 is 10.2 Å². The Morgan fingerprint density at radius 1 is 1.15 bits per heavy atom. The summed E-state index contributed by atoms with van der Waals surface area (Å²) in [4.78, 5) is 21.5. The van der Waals surface area contributed by atoms with E-state index in [9.17, 15) is 4.79 Å². The number of rotatable bonds is 5. The first-order valence-corrected chi connectivity index (χ1v) is 9.48. The minimum absolute atomic E-state index is 0.230. The predicted molar refractivity (Wildman–Crippen MR) is 106 cm³/mol. The number of pyridine rings is 1. The minimum atomic E-state index is -0.230. The molecule has 1 aromatic carbocycles. The van der Waals surface area contributed by atoms with E-state index in [1.807, 2.05) is 18.3 Å². The molecule has 5 nitrogen and oxygen atoms in total. The molecule has 0 bridgehead atoms. The fraction of sp³-hybridized carbons (Fsp3) is 0.368. The van der Waals surface area contributed by atoms with Crippen LogP contribution in [-0.4, -0.2) is 48.5 Å². The molecule has 0 radical (unpaired) electrons. The summed E-state index contributed by atoms with van der Waals surface area (Å²) < 4.78 is 0. The normalized spacial score (nSPS) is 15.1. The number of anilines is 1. The van der Waals surface area contributed by atoms with Gasteiger partial charge in [-0.25, -0.2) is 4.98 Å². The zero-order valence-electron chi connectivity index (χ0n) is 14.7. The number of halogens is 2. The van der Waals surface area contributed by atoms with Crippen LogP contribution in [-0.2, 0) is 6.54 Å². The van der Waals surface area contributed by atoms with Gasteiger partial charge in [0.1, 0.15) is 5.82 Å². The van der Waals surface area contributed by atoms with Crippen molar-refractivity contribution in [1.29, 1.82) is 0 Å². The Morgan fingerprint density at radius 3 is 2.54 bits per heavy atom. The molecule has 7 heteroatoms. The first-order valence-electron chi connectivity index (χ1n) is 8.72. The Hall–Kier alpha value is -1.82. The molecule has 26 heavy (non-hydrogen) atoms. The lowest BCUT2D eigenvalue weighted by Crippen LogP contribution is -2.46. The average molecular weight is 393 g/mol. The quantitative estimate of drug-likeness (QED) is 0.846. The molecule has 0 atom stereocenters. The number of hydrogen-bond acceptors (Lipinski definition) is 4. The Labute approximate surface area is 163 Å². The van der Waals surface area contributed by atoms with Gasteiger partial charge in [0.2, 0.25) is 0 Å². The molecule has 2 heterocycles. The van der Waals surface area contributed by atoms with Crippen LogP contribution in [0.5, 0.6) is 0 Å². The first kappa shape index (κ1) is 19.0. The Morgan fingerprint density at radius 2 is 1.92 bits per heavy atom. The van der Waals surface area contributed by atoms with E-state index in [1.165, 1.54) is 0 Å². The van der Waals surface area contributed by atoms with Crippen molar-refractivity contribution in [3.05, 3.63) is 57.7 Å². The molecule has 1 N–H and O–H groups in total. The second kappa shape index (κ2) is 8.71. The molecule has 0 spiro atoms. The van der Waals surface area contributed by atoms with Crippen LogP contribution in [0.1, 0.15) is 22.8 Å². The monoisotopic (exact) mass is 392 g/mol. The molecular formula is C19H22Cl2N4O. The van der Waals surface area contributed by atoms with Crippen LogP contribution in [0.15, 0.2) is 36.5 Å². The summed E-state index contributed by atoms with van der Waals surface area (Å²) in [6.45, 7) is 7.80. The summed E-state index contributed by atoms with van der Waals surface area (Å²) in [6.07, 6.45) is 1.81. The molecule has 1 amide bonds. The number of benzene rings is 1. The maximum absolute atomic E-state index is 12.3. The molecule has 0 unspecified atom stereocenters. The SMILES string of the molecule is CCN1CCN(c2ccc(CNC(=O)c3ccc(Cl)cc3Cl)cn2)CC1. The molecule has 1 aliphatic rings. The van der Waals surface area contributed by atoms with Gasteiger partial charge in [0.25, 0.3) is 5.91 Å². The summed E-state index contributed by atoms with van der Waals surface area (Å²) in [7, 11) is 0. The second-order valence-corrected chi connectivity index (χ2v) is 7.10. The molecule has 3 rings (SSSR count). The van der Waals surface area contributed by atoms with Gasteiger partial charge in [0, 0.05) is 43.9 Å². The van der Waals surface area contributed by atoms with Crippen LogP contribution in [0, 0.1) is 0 Å². The summed E-state index contributed by atoms with van der Waals surface area (Å²) >= 11 is 11.9. The van der Waals surface area contributed by atoms with E-state index in [0.29, 0.717) is 22.2 Å². The number of carbonyl (C=O) groups is 1. The van der Waals surface area contributed by atoms with Gasteiger partial charge in [0.15, 0.2) is 0 Å². The third-order valence-corrected chi connectivity index (χ3v) is 5.13. The number of amides is 1. The van der Waals surface area contributed by atoms with Crippen molar-refractivity contribution in [3.63, 3.8) is 0 Å². The molecule has 2 aromatic rings. The fourth-order valence-corrected chi connectivity index (χ4v) is 3.45. The Balaban J connectivity index is 1.55. The molecule has 0 saturated carbocycles. The van der Waals surface area contributed by atoms with Gasteiger partial charge in [-0.2, -0.15) is 0 Å². The highest BCUT2D eigenvalue weighted by Gasteiger charge is 2.16. The summed E-state index contributed by atoms with van der Waals surface area (Å²) in [5, 5.41) is 3.71. The van der Waals surface area contributed by atoms with Crippen molar-refractivity contribution < 1.29 is 4.79 Å². The fourth-order valence-electron chi connectivity index (χ4n) is 2.95. The van der Waals surface area contributed by atoms with Crippen LogP contribution in [0.25, 0.3) is 0 Å². The summed E-state index contributed by atoms with van der Waals surface area (Å²) in [6, 6.07) is 8.84. The van der Waals surface area contributed by atoms with E-state index in [0.717, 1.165) is 44.1 Å². The Bertz CT molecular complexity index is 759. The molecule has 138 valence electrons. The van der Waals surface area contributed by atoms with Crippen LogP contribution >= 0.6 is 23.2 Å². The highest BCUT2D eigenvalue weighted by molar-refractivity contribution is 6.36. The second-order valence-electron chi connectivity index (χ2n) is 6.25. The lowest BCUT2D eigenvalue weighted by molar-refractivity contribution is 0.0951. The smallest absolute Gasteiger partial charge is 0.253 e. The van der Waals surface area contributed by atoms with Crippen LogP contribution in [0.2, 0.25) is 10.0 Å². The van der Waals surface area contributed by atoms with Crippen molar-refractivity contribution >= 4 is 34.9 Å². The largest absolute Gasteiger partial charge is 0.354 e. The maximum atomic E-state index is 12.3. The highest BCUT2D eigenvalue weighted by Crippen LogP contribution is 2.21. The molecule has 1 aliphatic heterocycles. The van der Waals surface area contributed by atoms with Gasteiger partial charge in [-0.3, -0.25) is 4.79 Å². The third kappa shape index (κ3) is 4.67. The molecule has 1 saturated heterocycles. The molecule has 1 fully saturated rings. The van der Waals surface area contributed by atoms with Gasteiger partial charge in [-0.1, -0.05) is 36.2 Å². The number of hydrogen-bond donors (Lipinski definition) is 1. The number of carbonyl (C=O) groups excluding carboxylic acids is 1. The third-order valence-electron chi connectivity index (χ3n) is 4.58. The van der Waals surface area contributed by atoms with E-state index in [-0.39, 0.29) is 5.91 Å². The highest BCUT2D eigenvalue weighted by atomic mass is 35.5. The van der Waals surface area contributed by atoms with Crippen molar-refractivity contribution in [1.82, 2.24) is 15.2 Å². The lowest BCUT2D eigenvalue weighted by atomic mass is 10.2. The Kier molecular flexibility index (Phi) is 6.35. The number of nitrogens with zero attached hydrogens (tertiary/aromatic N) is 3. The van der Waals surface area contributed by atoms with Gasteiger partial charge in [-0.15, -0.1) is 0 Å². The maximum Gasteiger partial charge on any atom is 0.253 e. The van der Waals surface area contributed by atoms with E-state index >= 15 is 0 Å². The number of piperazine rings is 1. The van der Waals surface area contributed by atoms with Crippen molar-refractivity contribution in [2.75, 3.05) is 37.6 Å². The van der Waals surface area contributed by atoms with E-state index in [2.05, 4.69) is 27.0 Å². The molecular weight excluding hydrogens is 371 g/mol. The number of nitrogens with one attached hydrogen (secondary N) is 1. The van der Waals surface area contributed by atoms with Crippen LogP contribution in [0.4, 0.5) is 5.82 Å². The van der Waals surface area contributed by atoms with Gasteiger partial charge in [-0.05, 0) is 36.4 Å². The van der Waals surface area contributed by atoms with Gasteiger partial charge >= 0.3 is 0 Å². The first-order chi connectivity index (χ1) is 12.6. The van der Waals surface area contributed by atoms with Crippen molar-refractivity contribution in [3.8, 4) is 0 Å². The standard InChI is InChI=1S/C19H22Cl2N4O/c1-2-24-7-9-25(10-8-24)18-6-3-14(12-22-18)13-23-19(26)16-5-4-15(20)11-17(16)21/h3-6,11-12H,2,7-10,13H2,1H3,(H,23,26). The minimum Gasteiger partial charge on any atom is -0.354 e. The topological polar surface area (TPSA) is 48.5 Å². The number of likely N-dealkylation sites (N-methyl/N-ethyl adjacent to an activating group) is 1. The summed E-state index contributed by atoms with van der Waals surface area (Å²) in [5.41, 5.74) is 1.36. The van der Waals surface area contributed by atoms with Gasteiger partial charge in [0.05, 0.1) is 10.6 Å². The molecule has 1 aromatic heterocycles. The number of aromatic nitrogens is 1. The van der Waals surface area contributed by atoms with Crippen molar-refractivity contribution in [2.24, 2.45) is 0 Å². The molecule has 0 aliphatic carbocycles. The zero-order chi connectivity index (χ0) is 18.5. The zero-order valence-corrected chi connectivity index (χ0v) is 16.2. The van der Waals surface area contributed by atoms with E-state index in [4.69, 9.17) is 23.2 Å². The summed E-state index contributed by atoms with van der Waals surface area (Å²) in [5.74, 6) is 0.753. The van der Waals surface area contributed by atoms with E-state index < -0.39 is 0 Å². The van der Waals surface area contributed by atoms with Crippen molar-refractivity contribution in [2.45, 2.75) is 13.5 Å². The average Bonchev–Trinajstić information content (AvgIpc) is 2.66. The predicted octanol–water partition coefficient (Wildman–Crippen LogP) is 3.46. The van der Waals surface area contributed by atoms with Crippen LogP contribution in [0.3, 0.4) is 0 Å².